The topological polar surface area (TPSA) is 107 Å². The first-order valence-corrected chi connectivity index (χ1v) is 10.7. The summed E-state index contributed by atoms with van der Waals surface area (Å²) in [4.78, 5) is 24.0. The first-order chi connectivity index (χ1) is 15.9. The van der Waals surface area contributed by atoms with E-state index >= 15 is 0 Å². The fourth-order valence-electron chi connectivity index (χ4n) is 3.57. The maximum Gasteiger partial charge on any atom is 0.296 e. The van der Waals surface area contributed by atoms with Crippen molar-refractivity contribution in [1.29, 1.82) is 0 Å². The van der Waals surface area contributed by atoms with Gasteiger partial charge in [0.2, 0.25) is 0 Å². The molecule has 0 bridgehead atoms. The maximum atomic E-state index is 12.9. The first kappa shape index (κ1) is 22.4. The van der Waals surface area contributed by atoms with Crippen molar-refractivity contribution in [3.05, 3.63) is 76.3 Å². The summed E-state index contributed by atoms with van der Waals surface area (Å²) in [5, 5.41) is 19.5. The zero-order valence-electron chi connectivity index (χ0n) is 18.5. The van der Waals surface area contributed by atoms with Crippen molar-refractivity contribution in [1.82, 2.24) is 14.9 Å². The van der Waals surface area contributed by atoms with E-state index in [1.165, 1.54) is 4.68 Å². The molecule has 0 aliphatic carbocycles. The molecule has 8 nitrogen and oxygen atoms in total. The number of aromatic nitrogens is 3. The molecule has 1 atom stereocenters. The van der Waals surface area contributed by atoms with Gasteiger partial charge in [0.15, 0.2) is 5.52 Å². The lowest BCUT2D eigenvalue weighted by atomic mass is 10.1. The van der Waals surface area contributed by atoms with Gasteiger partial charge in [-0.3, -0.25) is 4.79 Å². The van der Waals surface area contributed by atoms with Crippen molar-refractivity contribution >= 4 is 16.7 Å². The number of ketones is 1. The van der Waals surface area contributed by atoms with E-state index in [-0.39, 0.29) is 24.5 Å². The molecular formula is C25H25N3O5. The summed E-state index contributed by atoms with van der Waals surface area (Å²) in [6.07, 6.45) is 0.211. The molecule has 0 radical (unpaired) electrons. The molecule has 4 rings (SSSR count). The van der Waals surface area contributed by atoms with Gasteiger partial charge >= 0.3 is 0 Å². The number of rotatable bonds is 9. The Bertz CT molecular complexity index is 1310. The lowest BCUT2D eigenvalue weighted by Gasteiger charge is -2.14. The summed E-state index contributed by atoms with van der Waals surface area (Å²) in [6, 6.07) is 16.8. The Hall–Kier alpha value is -3.78. The Morgan fingerprint density at radius 2 is 1.88 bits per heavy atom. The van der Waals surface area contributed by atoms with Gasteiger partial charge in [0.1, 0.15) is 35.7 Å². The molecule has 0 saturated carbocycles. The molecule has 8 heteroatoms. The monoisotopic (exact) mass is 447 g/mol. The zero-order chi connectivity index (χ0) is 23.4. The van der Waals surface area contributed by atoms with Crippen LogP contribution in [-0.2, 0) is 17.8 Å². The highest BCUT2D eigenvalue weighted by Crippen LogP contribution is 2.27. The summed E-state index contributed by atoms with van der Waals surface area (Å²) in [5.74, 6) is 1.25. The number of aliphatic hydroxyl groups is 1. The van der Waals surface area contributed by atoms with Gasteiger partial charge in [0, 0.05) is 12.0 Å². The van der Waals surface area contributed by atoms with Crippen LogP contribution in [0.3, 0.4) is 0 Å². The van der Waals surface area contributed by atoms with Crippen molar-refractivity contribution < 1.29 is 19.2 Å². The van der Waals surface area contributed by atoms with Gasteiger partial charge in [-0.25, -0.2) is 4.68 Å². The summed E-state index contributed by atoms with van der Waals surface area (Å²) in [7, 11) is 0. The number of aryl methyl sites for hydroxylation is 2. The number of fused-ring (bicyclic) bond motifs is 1. The molecule has 170 valence electrons. The van der Waals surface area contributed by atoms with Crippen LogP contribution in [0.1, 0.15) is 24.7 Å². The molecule has 2 aromatic heterocycles. The Morgan fingerprint density at radius 1 is 1.15 bits per heavy atom. The van der Waals surface area contributed by atoms with Crippen LogP contribution < -0.4 is 10.3 Å². The van der Waals surface area contributed by atoms with Gasteiger partial charge in [-0.05, 0) is 38.0 Å². The molecule has 2 aromatic carbocycles. The molecule has 1 N–H and O–H groups in total. The molecule has 0 amide bonds. The number of aliphatic hydroxyl groups excluding tert-OH is 1. The van der Waals surface area contributed by atoms with E-state index in [0.717, 1.165) is 11.1 Å². The fourth-order valence-corrected chi connectivity index (χ4v) is 3.57. The van der Waals surface area contributed by atoms with E-state index in [9.17, 15) is 14.7 Å². The van der Waals surface area contributed by atoms with Crippen LogP contribution >= 0.6 is 0 Å². The number of carbonyl (C=O) groups excluding carboxylic acids is 1. The second-order valence-corrected chi connectivity index (χ2v) is 7.98. The van der Waals surface area contributed by atoms with E-state index in [4.69, 9.17) is 9.26 Å². The van der Waals surface area contributed by atoms with Crippen molar-refractivity contribution in [3.8, 4) is 17.0 Å². The second kappa shape index (κ2) is 9.79. The largest absolute Gasteiger partial charge is 0.491 e. The van der Waals surface area contributed by atoms with Crippen LogP contribution in [0.5, 0.6) is 5.75 Å². The summed E-state index contributed by atoms with van der Waals surface area (Å²) in [5.41, 5.74) is 2.17. The fraction of sp³-hybridized carbons (Fsp3) is 0.280. The van der Waals surface area contributed by atoms with E-state index < -0.39 is 11.7 Å². The SMILES string of the molecule is CC(=O)CCc1ccc(OCC(O)Cn2nc(-c3ccccc3)c3c(C)onc3c2=O)cc1. The predicted octanol–water partition coefficient (Wildman–Crippen LogP) is 3.32. The van der Waals surface area contributed by atoms with Crippen molar-refractivity contribution in [3.63, 3.8) is 0 Å². The van der Waals surface area contributed by atoms with E-state index in [0.29, 0.717) is 35.4 Å². The molecular weight excluding hydrogens is 422 g/mol. The van der Waals surface area contributed by atoms with Gasteiger partial charge in [-0.2, -0.15) is 5.10 Å². The Balaban J connectivity index is 1.49. The average molecular weight is 447 g/mol. The quantitative estimate of drug-likeness (QED) is 0.419. The van der Waals surface area contributed by atoms with Gasteiger partial charge < -0.3 is 19.2 Å². The number of hydrogen-bond acceptors (Lipinski definition) is 7. The molecule has 0 aliphatic heterocycles. The van der Waals surface area contributed by atoms with E-state index in [1.807, 2.05) is 42.5 Å². The predicted molar refractivity (Wildman–Crippen MR) is 123 cm³/mol. The smallest absolute Gasteiger partial charge is 0.296 e. The lowest BCUT2D eigenvalue weighted by molar-refractivity contribution is -0.116. The number of hydrogen-bond donors (Lipinski definition) is 1. The Labute approximate surface area is 190 Å². The molecule has 0 fully saturated rings. The molecule has 4 aromatic rings. The van der Waals surface area contributed by atoms with Gasteiger partial charge in [-0.15, -0.1) is 0 Å². The summed E-state index contributed by atoms with van der Waals surface area (Å²) < 4.78 is 12.1. The molecule has 2 heterocycles. The van der Waals surface area contributed by atoms with Crippen LogP contribution in [0.2, 0.25) is 0 Å². The summed E-state index contributed by atoms with van der Waals surface area (Å²) >= 11 is 0. The Morgan fingerprint density at radius 3 is 2.58 bits per heavy atom. The number of carbonyl (C=O) groups is 1. The van der Waals surface area contributed by atoms with Crippen LogP contribution in [0.25, 0.3) is 22.2 Å². The highest BCUT2D eigenvalue weighted by molar-refractivity contribution is 5.92. The van der Waals surface area contributed by atoms with Crippen LogP contribution in [0, 0.1) is 6.92 Å². The highest BCUT2D eigenvalue weighted by atomic mass is 16.5. The third-order valence-corrected chi connectivity index (χ3v) is 5.32. The molecule has 33 heavy (non-hydrogen) atoms. The van der Waals surface area contributed by atoms with Crippen molar-refractivity contribution in [2.24, 2.45) is 0 Å². The number of nitrogens with zero attached hydrogens (tertiary/aromatic N) is 3. The zero-order valence-corrected chi connectivity index (χ0v) is 18.5. The molecule has 0 spiro atoms. The third-order valence-electron chi connectivity index (χ3n) is 5.32. The van der Waals surface area contributed by atoms with Crippen LogP contribution in [0.15, 0.2) is 63.9 Å². The third kappa shape index (κ3) is 5.18. The van der Waals surface area contributed by atoms with Gasteiger partial charge in [0.05, 0.1) is 11.9 Å². The average Bonchev–Trinajstić information content (AvgIpc) is 3.21. The van der Waals surface area contributed by atoms with Gasteiger partial charge in [-0.1, -0.05) is 47.6 Å². The van der Waals surface area contributed by atoms with Crippen LogP contribution in [0.4, 0.5) is 0 Å². The van der Waals surface area contributed by atoms with Gasteiger partial charge in [0.25, 0.3) is 5.56 Å². The minimum absolute atomic E-state index is 0.0164. The lowest BCUT2D eigenvalue weighted by Crippen LogP contribution is -2.32. The minimum Gasteiger partial charge on any atom is -0.491 e. The number of Topliss-reactive ketones (excluding diaryl/α,β-unsaturated/α-hetero) is 1. The molecule has 0 saturated heterocycles. The molecule has 0 aliphatic rings. The number of ether oxygens (including phenoxy) is 1. The highest BCUT2D eigenvalue weighted by Gasteiger charge is 2.20. The van der Waals surface area contributed by atoms with Crippen molar-refractivity contribution in [2.45, 2.75) is 39.3 Å². The van der Waals surface area contributed by atoms with E-state index in [2.05, 4.69) is 10.3 Å². The second-order valence-electron chi connectivity index (χ2n) is 7.98. The molecule has 1 unspecified atom stereocenters. The van der Waals surface area contributed by atoms with E-state index in [1.54, 1.807) is 26.0 Å². The Kier molecular flexibility index (Phi) is 6.65. The summed E-state index contributed by atoms with van der Waals surface area (Å²) in [6.45, 7) is 3.24. The standard InChI is InChI=1S/C25H25N3O5/c1-16(29)8-9-18-10-12-21(13-11-18)32-15-20(30)14-28-25(31)24-22(17(2)33-27-24)23(26-28)19-6-4-3-5-7-19/h3-7,10-13,20,30H,8-9,14-15H2,1-2H3. The normalized spacial score (nSPS) is 12.1. The van der Waals surface area contributed by atoms with Crippen molar-refractivity contribution in [2.75, 3.05) is 6.61 Å². The minimum atomic E-state index is -0.971. The first-order valence-electron chi connectivity index (χ1n) is 10.7. The van der Waals surface area contributed by atoms with Crippen LogP contribution in [-0.4, -0.2) is 38.5 Å². The number of benzene rings is 2. The maximum absolute atomic E-state index is 12.9.